The summed E-state index contributed by atoms with van der Waals surface area (Å²) in [5, 5.41) is 15.3. The van der Waals surface area contributed by atoms with E-state index in [9.17, 15) is 0 Å². The van der Waals surface area contributed by atoms with Crippen LogP contribution in [0.4, 0.5) is 0 Å². The first kappa shape index (κ1) is 9.13. The summed E-state index contributed by atoms with van der Waals surface area (Å²) in [4.78, 5) is 7.76. The molecule has 2 rings (SSSR count). The Labute approximate surface area is 84.9 Å². The molecule has 76 valence electrons. The maximum atomic E-state index is 8.43. The van der Waals surface area contributed by atoms with Gasteiger partial charge in [0.25, 0.3) is 0 Å². The Hall–Kier alpha value is -2.44. The van der Waals surface area contributed by atoms with Crippen LogP contribution >= 0.6 is 0 Å². The molecule has 0 bridgehead atoms. The maximum absolute atomic E-state index is 8.43. The van der Waals surface area contributed by atoms with Crippen LogP contribution < -0.4 is 5.73 Å². The molecule has 15 heavy (non-hydrogen) atoms. The zero-order valence-corrected chi connectivity index (χ0v) is 7.65. The molecule has 7 nitrogen and oxygen atoms in total. The third-order valence-electron chi connectivity index (χ3n) is 1.76. The largest absolute Gasteiger partial charge is 0.409 e. The second-order valence-electron chi connectivity index (χ2n) is 2.70. The molecule has 0 atom stereocenters. The summed E-state index contributed by atoms with van der Waals surface area (Å²) in [6, 6.07) is 3.54. The van der Waals surface area contributed by atoms with Gasteiger partial charge >= 0.3 is 0 Å². The maximum Gasteiger partial charge on any atom is 0.220 e. The summed E-state index contributed by atoms with van der Waals surface area (Å²) in [5.74, 6) is 0.0529. The zero-order valence-electron chi connectivity index (χ0n) is 7.65. The van der Waals surface area contributed by atoms with Gasteiger partial charge in [0.05, 0.1) is 5.69 Å². The molecule has 0 saturated heterocycles. The average molecular weight is 204 g/mol. The van der Waals surface area contributed by atoms with Crippen LogP contribution in [0.25, 0.3) is 5.69 Å². The predicted octanol–water partition coefficient (Wildman–Crippen LogP) is -0.243. The second-order valence-corrected chi connectivity index (χ2v) is 2.70. The van der Waals surface area contributed by atoms with E-state index in [1.165, 1.54) is 11.0 Å². The fraction of sp³-hybridized carbons (Fsp3) is 0. The summed E-state index contributed by atoms with van der Waals surface area (Å²) in [7, 11) is 0. The molecule has 0 aliphatic rings. The molecule has 0 aliphatic carbocycles. The Kier molecular flexibility index (Phi) is 2.28. The molecule has 0 aromatic carbocycles. The molecule has 0 fully saturated rings. The lowest BCUT2D eigenvalue weighted by atomic mass is 10.4. The Morgan fingerprint density at radius 2 is 2.13 bits per heavy atom. The van der Waals surface area contributed by atoms with Crippen molar-refractivity contribution in [3.05, 3.63) is 36.7 Å². The lowest BCUT2D eigenvalue weighted by Gasteiger charge is -1.97. The Morgan fingerprint density at radius 3 is 2.80 bits per heavy atom. The number of nitrogens with two attached hydrogens (primary N) is 1. The number of rotatable bonds is 2. The van der Waals surface area contributed by atoms with Crippen molar-refractivity contribution in [2.45, 2.75) is 0 Å². The zero-order chi connectivity index (χ0) is 10.7. The van der Waals surface area contributed by atoms with Crippen LogP contribution in [0.2, 0.25) is 0 Å². The first-order valence-electron chi connectivity index (χ1n) is 4.11. The molecular weight excluding hydrogens is 196 g/mol. The molecule has 2 aromatic heterocycles. The molecule has 0 unspecified atom stereocenters. The molecule has 0 radical (unpaired) electrons. The van der Waals surface area contributed by atoms with Crippen LogP contribution in [-0.2, 0) is 0 Å². The molecule has 2 aromatic rings. The third kappa shape index (κ3) is 1.75. The number of oxime groups is 1. The molecule has 0 spiro atoms. The van der Waals surface area contributed by atoms with Crippen molar-refractivity contribution < 1.29 is 5.21 Å². The van der Waals surface area contributed by atoms with Gasteiger partial charge in [-0.3, -0.25) is 4.98 Å². The van der Waals surface area contributed by atoms with Crippen LogP contribution in [0.5, 0.6) is 0 Å². The van der Waals surface area contributed by atoms with E-state index in [1.807, 2.05) is 0 Å². The number of amidine groups is 1. The van der Waals surface area contributed by atoms with E-state index >= 15 is 0 Å². The van der Waals surface area contributed by atoms with Gasteiger partial charge in [0.2, 0.25) is 11.7 Å². The molecule has 0 aliphatic heterocycles. The van der Waals surface area contributed by atoms with E-state index < -0.39 is 0 Å². The highest BCUT2D eigenvalue weighted by Gasteiger charge is 2.06. The Morgan fingerprint density at radius 1 is 1.40 bits per heavy atom. The van der Waals surface area contributed by atoms with E-state index in [-0.39, 0.29) is 11.7 Å². The number of hydrogen-bond donors (Lipinski definition) is 2. The third-order valence-corrected chi connectivity index (χ3v) is 1.76. The summed E-state index contributed by atoms with van der Waals surface area (Å²) in [5.41, 5.74) is 6.14. The van der Waals surface area contributed by atoms with Gasteiger partial charge < -0.3 is 10.9 Å². The minimum Gasteiger partial charge on any atom is -0.409 e. The van der Waals surface area contributed by atoms with Crippen molar-refractivity contribution in [2.24, 2.45) is 10.9 Å². The van der Waals surface area contributed by atoms with Crippen molar-refractivity contribution >= 4 is 5.84 Å². The van der Waals surface area contributed by atoms with Crippen molar-refractivity contribution in [1.29, 1.82) is 0 Å². The smallest absolute Gasteiger partial charge is 0.220 e. The summed E-state index contributed by atoms with van der Waals surface area (Å²) in [6.07, 6.45) is 4.75. The lowest BCUT2D eigenvalue weighted by Crippen LogP contribution is -2.15. The topological polar surface area (TPSA) is 102 Å². The van der Waals surface area contributed by atoms with Gasteiger partial charge in [0.15, 0.2) is 0 Å². The van der Waals surface area contributed by atoms with Crippen molar-refractivity contribution in [3.8, 4) is 5.69 Å². The molecule has 2 heterocycles. The molecule has 3 N–H and O–H groups in total. The number of nitrogens with zero attached hydrogens (tertiary/aromatic N) is 5. The van der Waals surface area contributed by atoms with E-state index in [0.717, 1.165) is 5.69 Å². The monoisotopic (exact) mass is 204 g/mol. The number of hydrogen-bond acceptors (Lipinski definition) is 5. The van der Waals surface area contributed by atoms with Gasteiger partial charge in [0, 0.05) is 12.4 Å². The first-order valence-corrected chi connectivity index (χ1v) is 4.11. The average Bonchev–Trinajstić information content (AvgIpc) is 2.78. The van der Waals surface area contributed by atoms with Crippen molar-refractivity contribution in [2.75, 3.05) is 0 Å². The molecular formula is C8H8N6O. The van der Waals surface area contributed by atoms with Crippen LogP contribution in [0.15, 0.2) is 36.0 Å². The van der Waals surface area contributed by atoms with Gasteiger partial charge in [-0.1, -0.05) is 5.16 Å². The first-order chi connectivity index (χ1) is 7.31. The fourth-order valence-electron chi connectivity index (χ4n) is 1.05. The SMILES string of the molecule is NC(=NO)c1ncn(-c2ccncc2)n1. The number of aromatic nitrogens is 4. The quantitative estimate of drug-likeness (QED) is 0.304. The normalized spacial score (nSPS) is 11.6. The number of pyridine rings is 1. The minimum atomic E-state index is -0.122. The second kappa shape index (κ2) is 3.74. The standard InChI is InChI=1S/C8H8N6O/c9-7(13-15)8-11-5-14(12-8)6-1-3-10-4-2-6/h1-5,15H,(H2,9,13). The van der Waals surface area contributed by atoms with Crippen LogP contribution in [0, 0.1) is 0 Å². The Bertz CT molecular complexity index is 477. The highest BCUT2D eigenvalue weighted by atomic mass is 16.4. The highest BCUT2D eigenvalue weighted by molar-refractivity contribution is 5.93. The highest BCUT2D eigenvalue weighted by Crippen LogP contribution is 2.02. The van der Waals surface area contributed by atoms with Gasteiger partial charge in [-0.2, -0.15) is 0 Å². The molecule has 0 saturated carbocycles. The minimum absolute atomic E-state index is 0.122. The van der Waals surface area contributed by atoms with Gasteiger partial charge in [-0.15, -0.1) is 5.10 Å². The van der Waals surface area contributed by atoms with Crippen LogP contribution in [-0.4, -0.2) is 30.8 Å². The molecule has 7 heteroatoms. The van der Waals surface area contributed by atoms with Gasteiger partial charge in [-0.05, 0) is 12.1 Å². The summed E-state index contributed by atoms with van der Waals surface area (Å²) < 4.78 is 1.51. The van der Waals surface area contributed by atoms with Crippen LogP contribution in [0.1, 0.15) is 5.82 Å². The van der Waals surface area contributed by atoms with E-state index in [4.69, 9.17) is 10.9 Å². The van der Waals surface area contributed by atoms with E-state index in [2.05, 4.69) is 20.2 Å². The van der Waals surface area contributed by atoms with E-state index in [0.29, 0.717) is 0 Å². The van der Waals surface area contributed by atoms with Crippen LogP contribution in [0.3, 0.4) is 0 Å². The van der Waals surface area contributed by atoms with Gasteiger partial charge in [-0.25, -0.2) is 9.67 Å². The summed E-state index contributed by atoms with van der Waals surface area (Å²) >= 11 is 0. The fourth-order valence-corrected chi connectivity index (χ4v) is 1.05. The van der Waals surface area contributed by atoms with Crippen molar-refractivity contribution in [3.63, 3.8) is 0 Å². The van der Waals surface area contributed by atoms with Crippen molar-refractivity contribution in [1.82, 2.24) is 19.7 Å². The summed E-state index contributed by atoms with van der Waals surface area (Å²) in [6.45, 7) is 0. The van der Waals surface area contributed by atoms with Gasteiger partial charge in [0.1, 0.15) is 6.33 Å². The predicted molar refractivity (Wildman–Crippen MR) is 51.7 cm³/mol. The lowest BCUT2D eigenvalue weighted by molar-refractivity contribution is 0.318. The van der Waals surface area contributed by atoms with E-state index in [1.54, 1.807) is 24.5 Å². The Balaban J connectivity index is 2.36. The molecule has 0 amide bonds.